The third-order valence-electron chi connectivity index (χ3n) is 5.95. The first-order chi connectivity index (χ1) is 22.6. The van der Waals surface area contributed by atoms with Crippen LogP contribution < -0.4 is 31.9 Å². The number of ether oxygens (including phenoxy) is 3. The number of alkyl halides is 1. The molecule has 0 fully saturated rings. The average Bonchev–Trinajstić information content (AvgIpc) is 2.91. The zero-order chi connectivity index (χ0) is 37.7. The van der Waals surface area contributed by atoms with Crippen LogP contribution in [0.15, 0.2) is 4.99 Å². The maximum atomic E-state index is 14.3. The second kappa shape index (κ2) is 22.9. The van der Waals surface area contributed by atoms with E-state index in [0.29, 0.717) is 51.6 Å². The van der Waals surface area contributed by atoms with Crippen LogP contribution in [0.1, 0.15) is 114 Å². The predicted octanol–water partition coefficient (Wildman–Crippen LogP) is 4.20. The van der Waals surface area contributed by atoms with E-state index in [4.69, 9.17) is 14.2 Å². The molecule has 0 rings (SSSR count). The molecule has 2 unspecified atom stereocenters. The normalized spacial score (nSPS) is 12.9. The largest absolute Gasteiger partial charge is 0.444 e. The van der Waals surface area contributed by atoms with Crippen molar-refractivity contribution in [3.63, 3.8) is 0 Å². The summed E-state index contributed by atoms with van der Waals surface area (Å²) in [7, 11) is 0. The SMILES string of the molecule is CC(CCNCCCCNC(=O)C(F)C(=O)NCCCCCCN=C(NC(=O)OC(C)(C)C)NC(=O)OC(C)(C)C)NC(=O)OC(C)(C)C. The second-order valence-electron chi connectivity index (χ2n) is 14.6. The molecule has 5 amide bonds. The minimum Gasteiger partial charge on any atom is -0.444 e. The summed E-state index contributed by atoms with van der Waals surface area (Å²) in [5.41, 5.74) is -2.04. The molecule has 16 heteroatoms. The van der Waals surface area contributed by atoms with Gasteiger partial charge in [-0.25, -0.2) is 18.8 Å². The number of guanidine groups is 1. The molecule has 0 radical (unpaired) electrons. The monoisotopic (exact) mass is 703 g/mol. The fourth-order valence-electron chi connectivity index (χ4n) is 3.81. The summed E-state index contributed by atoms with van der Waals surface area (Å²) in [6.45, 7) is 19.7. The quantitative estimate of drug-likeness (QED) is 0.0399. The first-order valence-electron chi connectivity index (χ1n) is 17.0. The van der Waals surface area contributed by atoms with Gasteiger partial charge in [-0.3, -0.25) is 25.2 Å². The number of hydrogen-bond acceptors (Lipinski definition) is 10. The Balaban J connectivity index is 4.20. The molecule has 0 heterocycles. The van der Waals surface area contributed by atoms with E-state index in [0.717, 1.165) is 6.42 Å². The number of rotatable bonds is 18. The third-order valence-corrected chi connectivity index (χ3v) is 5.95. The summed E-state index contributed by atoms with van der Waals surface area (Å²) >= 11 is 0. The molecule has 49 heavy (non-hydrogen) atoms. The number of alkyl carbamates (subject to hydrolysis) is 3. The van der Waals surface area contributed by atoms with Gasteiger partial charge in [0.05, 0.1) is 0 Å². The van der Waals surface area contributed by atoms with Crippen LogP contribution in [-0.4, -0.2) is 97.8 Å². The van der Waals surface area contributed by atoms with Crippen molar-refractivity contribution < 1.29 is 42.6 Å². The van der Waals surface area contributed by atoms with E-state index in [9.17, 15) is 28.4 Å². The predicted molar refractivity (Wildman–Crippen MR) is 186 cm³/mol. The molecule has 0 aliphatic carbocycles. The third kappa shape index (κ3) is 27.9. The summed E-state index contributed by atoms with van der Waals surface area (Å²) in [4.78, 5) is 64.4. The first kappa shape index (κ1) is 45.3. The number of aliphatic imine (C=N–C) groups is 1. The van der Waals surface area contributed by atoms with Gasteiger partial charge in [0.2, 0.25) is 5.96 Å². The van der Waals surface area contributed by atoms with Crippen molar-refractivity contribution in [1.82, 2.24) is 31.9 Å². The van der Waals surface area contributed by atoms with Gasteiger partial charge in [0.15, 0.2) is 0 Å². The molecule has 0 aromatic rings. The van der Waals surface area contributed by atoms with Gasteiger partial charge in [0.25, 0.3) is 18.0 Å². The lowest BCUT2D eigenvalue weighted by Crippen LogP contribution is -2.47. The van der Waals surface area contributed by atoms with Crippen LogP contribution >= 0.6 is 0 Å². The van der Waals surface area contributed by atoms with E-state index >= 15 is 0 Å². The number of carbonyl (C=O) groups excluding carboxylic acids is 5. The van der Waals surface area contributed by atoms with Gasteiger partial charge in [-0.15, -0.1) is 0 Å². The lowest BCUT2D eigenvalue weighted by molar-refractivity contribution is -0.136. The number of nitrogens with one attached hydrogen (secondary N) is 6. The highest BCUT2D eigenvalue weighted by Gasteiger charge is 2.25. The minimum atomic E-state index is -2.29. The minimum absolute atomic E-state index is 0.0555. The van der Waals surface area contributed by atoms with Gasteiger partial charge in [0, 0.05) is 25.7 Å². The van der Waals surface area contributed by atoms with Crippen molar-refractivity contribution in [3.05, 3.63) is 0 Å². The highest BCUT2D eigenvalue weighted by atomic mass is 19.1. The Morgan fingerprint density at radius 1 is 0.612 bits per heavy atom. The summed E-state index contributed by atoms with van der Waals surface area (Å²) in [6, 6.07) is -0.0555. The first-order valence-corrected chi connectivity index (χ1v) is 17.0. The molecule has 0 spiro atoms. The standard InChI is InChI=1S/C33H62FN7O8/c1-23(39-28(44)47-31(2,3)4)17-22-35-18-15-16-20-37-26(43)24(34)25(42)36-19-13-11-12-14-21-38-27(40-29(45)48-32(5,6)7)41-30(46)49-33(8,9)10/h23-24,35H,11-22H2,1-10H3,(H,36,42)(H,37,43)(H,39,44)(H2,38,40,41,45,46). The van der Waals surface area contributed by atoms with Crippen LogP contribution in [0.25, 0.3) is 0 Å². The molecule has 2 atom stereocenters. The molecule has 0 aromatic carbocycles. The maximum Gasteiger partial charge on any atom is 0.414 e. The Kier molecular flexibility index (Phi) is 21.1. The van der Waals surface area contributed by atoms with Crippen molar-refractivity contribution >= 4 is 36.1 Å². The summed E-state index contributed by atoms with van der Waals surface area (Å²) in [6.07, 6.45) is 0.342. The molecular formula is C33H62FN7O8. The molecule has 0 aliphatic heterocycles. The van der Waals surface area contributed by atoms with Crippen molar-refractivity contribution in [2.24, 2.45) is 4.99 Å². The van der Waals surface area contributed by atoms with E-state index in [1.165, 1.54) is 0 Å². The van der Waals surface area contributed by atoms with Crippen molar-refractivity contribution in [2.45, 2.75) is 143 Å². The number of unbranched alkanes of at least 4 members (excludes halogenated alkanes) is 4. The Bertz CT molecular complexity index is 1040. The zero-order valence-electron chi connectivity index (χ0n) is 31.2. The highest BCUT2D eigenvalue weighted by Crippen LogP contribution is 2.09. The summed E-state index contributed by atoms with van der Waals surface area (Å²) < 4.78 is 29.9. The van der Waals surface area contributed by atoms with Gasteiger partial charge < -0.3 is 35.5 Å². The highest BCUT2D eigenvalue weighted by molar-refractivity contribution is 6.03. The molecule has 0 saturated carbocycles. The molecular weight excluding hydrogens is 641 g/mol. The molecule has 15 nitrogen and oxygen atoms in total. The number of hydrogen-bond donors (Lipinski definition) is 6. The summed E-state index contributed by atoms with van der Waals surface area (Å²) in [5.74, 6) is -2.05. The van der Waals surface area contributed by atoms with Crippen LogP contribution in [-0.2, 0) is 23.8 Å². The van der Waals surface area contributed by atoms with Crippen molar-refractivity contribution in [3.8, 4) is 0 Å². The molecule has 0 bridgehead atoms. The van der Waals surface area contributed by atoms with Crippen molar-refractivity contribution in [1.29, 1.82) is 0 Å². The van der Waals surface area contributed by atoms with Gasteiger partial charge in [-0.2, -0.15) is 0 Å². The van der Waals surface area contributed by atoms with Crippen LogP contribution in [0.4, 0.5) is 18.8 Å². The van der Waals surface area contributed by atoms with Crippen LogP contribution in [0.5, 0.6) is 0 Å². The maximum absolute atomic E-state index is 14.3. The van der Waals surface area contributed by atoms with Gasteiger partial charge in [-0.05, 0) is 114 Å². The van der Waals surface area contributed by atoms with E-state index < -0.39 is 53.1 Å². The number of carbonyl (C=O) groups is 5. The van der Waals surface area contributed by atoms with Crippen molar-refractivity contribution in [2.75, 3.05) is 32.7 Å². The fourth-order valence-corrected chi connectivity index (χ4v) is 3.81. The van der Waals surface area contributed by atoms with Crippen LogP contribution in [0, 0.1) is 0 Å². The topological polar surface area (TPSA) is 198 Å². The molecule has 0 aromatic heterocycles. The lowest BCUT2D eigenvalue weighted by atomic mass is 10.2. The van der Waals surface area contributed by atoms with E-state index in [1.54, 1.807) is 62.3 Å². The zero-order valence-corrected chi connectivity index (χ0v) is 31.2. The smallest absolute Gasteiger partial charge is 0.414 e. The van der Waals surface area contributed by atoms with Gasteiger partial charge in [0.1, 0.15) is 16.8 Å². The molecule has 6 N–H and O–H groups in total. The molecule has 284 valence electrons. The fraction of sp³-hybridized carbons (Fsp3) is 0.818. The Labute approximate surface area is 291 Å². The molecule has 0 saturated heterocycles. The summed E-state index contributed by atoms with van der Waals surface area (Å²) in [5, 5.41) is 15.8. The van der Waals surface area contributed by atoms with E-state index in [-0.39, 0.29) is 31.6 Å². The van der Waals surface area contributed by atoms with Gasteiger partial charge in [-0.1, -0.05) is 12.8 Å². The van der Waals surface area contributed by atoms with Crippen LogP contribution in [0.3, 0.4) is 0 Å². The Morgan fingerprint density at radius 2 is 1.04 bits per heavy atom. The lowest BCUT2D eigenvalue weighted by Gasteiger charge is -2.22. The Morgan fingerprint density at radius 3 is 1.53 bits per heavy atom. The molecule has 0 aliphatic rings. The number of halogens is 1. The Hall–Kier alpha value is -3.69. The van der Waals surface area contributed by atoms with E-state index in [1.807, 2.05) is 6.92 Å². The van der Waals surface area contributed by atoms with Crippen LogP contribution in [0.2, 0.25) is 0 Å². The van der Waals surface area contributed by atoms with E-state index in [2.05, 4.69) is 36.9 Å². The number of nitrogens with zero attached hydrogens (tertiary/aromatic N) is 1. The second-order valence-corrected chi connectivity index (χ2v) is 14.6. The number of amides is 5. The van der Waals surface area contributed by atoms with Gasteiger partial charge >= 0.3 is 18.3 Å². The average molecular weight is 704 g/mol.